The first-order valence-corrected chi connectivity index (χ1v) is 29.0. The number of hydrogen-bond acceptors (Lipinski definition) is 6. The highest BCUT2D eigenvalue weighted by Crippen LogP contribution is 2.17. The van der Waals surface area contributed by atoms with Gasteiger partial charge in [0.25, 0.3) is 0 Å². The van der Waals surface area contributed by atoms with E-state index in [-0.39, 0.29) is 31.1 Å². The Hall–Kier alpha value is -2.37. The van der Waals surface area contributed by atoms with Crippen LogP contribution in [-0.4, -0.2) is 37.2 Å². The van der Waals surface area contributed by atoms with Crippen LogP contribution in [0.3, 0.4) is 0 Å². The molecule has 6 nitrogen and oxygen atoms in total. The average Bonchev–Trinajstić information content (AvgIpc) is 3.31. The molecule has 0 aliphatic heterocycles. The van der Waals surface area contributed by atoms with Crippen LogP contribution in [-0.2, 0) is 28.6 Å². The van der Waals surface area contributed by atoms with Crippen LogP contribution >= 0.6 is 0 Å². The first-order chi connectivity index (χ1) is 32.5. The molecule has 0 heterocycles. The molecule has 0 aromatic rings. The Kier molecular flexibility index (Phi) is 53.2. The van der Waals surface area contributed by atoms with Crippen LogP contribution in [0.5, 0.6) is 0 Å². The van der Waals surface area contributed by atoms with Gasteiger partial charge in [0, 0.05) is 19.3 Å². The second-order valence-electron chi connectivity index (χ2n) is 19.6. The smallest absolute Gasteiger partial charge is 0.306 e. The van der Waals surface area contributed by atoms with Crippen LogP contribution in [0.1, 0.15) is 310 Å². The summed E-state index contributed by atoms with van der Waals surface area (Å²) in [6, 6.07) is 0. The molecule has 0 bridgehead atoms. The molecule has 0 fully saturated rings. The van der Waals surface area contributed by atoms with Gasteiger partial charge in [0.2, 0.25) is 0 Å². The lowest BCUT2D eigenvalue weighted by Gasteiger charge is -2.18. The molecule has 0 aliphatic carbocycles. The highest BCUT2D eigenvalue weighted by Gasteiger charge is 2.19. The molecular weight excluding hydrogens is 817 g/mol. The van der Waals surface area contributed by atoms with Gasteiger partial charge in [-0.1, -0.05) is 282 Å². The Morgan fingerprint density at radius 2 is 0.545 bits per heavy atom. The summed E-state index contributed by atoms with van der Waals surface area (Å²) in [6.07, 6.45) is 65.5. The molecule has 386 valence electrons. The molecule has 0 spiro atoms. The van der Waals surface area contributed by atoms with Crippen molar-refractivity contribution in [1.29, 1.82) is 0 Å². The van der Waals surface area contributed by atoms with E-state index in [0.717, 1.165) is 77.0 Å². The molecule has 0 aliphatic rings. The zero-order valence-electron chi connectivity index (χ0n) is 44.2. The first kappa shape index (κ1) is 63.6. The molecule has 0 saturated heterocycles. The van der Waals surface area contributed by atoms with Gasteiger partial charge >= 0.3 is 17.9 Å². The Balaban J connectivity index is 4.37. The van der Waals surface area contributed by atoms with Crippen molar-refractivity contribution >= 4 is 17.9 Å². The summed E-state index contributed by atoms with van der Waals surface area (Å²) >= 11 is 0. The van der Waals surface area contributed by atoms with Crippen LogP contribution in [0.2, 0.25) is 0 Å². The fourth-order valence-corrected chi connectivity index (χ4v) is 8.56. The molecule has 1 atom stereocenters. The number of carbonyl (C=O) groups excluding carboxylic acids is 3. The Morgan fingerprint density at radius 3 is 0.833 bits per heavy atom. The molecule has 0 saturated carbocycles. The van der Waals surface area contributed by atoms with Crippen LogP contribution in [0, 0.1) is 0 Å². The van der Waals surface area contributed by atoms with Gasteiger partial charge in [-0.15, -0.1) is 0 Å². The number of hydrogen-bond donors (Lipinski definition) is 0. The van der Waals surface area contributed by atoms with E-state index in [4.69, 9.17) is 14.2 Å². The topological polar surface area (TPSA) is 78.9 Å². The lowest BCUT2D eigenvalue weighted by molar-refractivity contribution is -0.167. The van der Waals surface area contributed by atoms with Gasteiger partial charge < -0.3 is 14.2 Å². The number of rotatable bonds is 53. The molecule has 6 heteroatoms. The zero-order valence-corrected chi connectivity index (χ0v) is 44.2. The Labute approximate surface area is 410 Å². The lowest BCUT2D eigenvalue weighted by Crippen LogP contribution is -2.30. The summed E-state index contributed by atoms with van der Waals surface area (Å²) in [4.78, 5) is 38.1. The van der Waals surface area contributed by atoms with Crippen molar-refractivity contribution in [2.24, 2.45) is 0 Å². The van der Waals surface area contributed by atoms with E-state index in [2.05, 4.69) is 57.2 Å². The summed E-state index contributed by atoms with van der Waals surface area (Å²) in [5.74, 6) is -0.875. The van der Waals surface area contributed by atoms with Crippen molar-refractivity contribution in [3.05, 3.63) is 36.5 Å². The maximum absolute atomic E-state index is 12.8. The van der Waals surface area contributed by atoms with Crippen LogP contribution in [0.4, 0.5) is 0 Å². The van der Waals surface area contributed by atoms with Crippen molar-refractivity contribution in [3.63, 3.8) is 0 Å². The van der Waals surface area contributed by atoms with E-state index in [1.165, 1.54) is 193 Å². The highest BCUT2D eigenvalue weighted by molar-refractivity contribution is 5.71. The fourth-order valence-electron chi connectivity index (χ4n) is 8.56. The third-order valence-electron chi connectivity index (χ3n) is 13.0. The van der Waals surface area contributed by atoms with Crippen LogP contribution < -0.4 is 0 Å². The third-order valence-corrected chi connectivity index (χ3v) is 13.0. The summed E-state index contributed by atoms with van der Waals surface area (Å²) in [5.41, 5.74) is 0. The molecule has 0 amide bonds. The maximum atomic E-state index is 12.8. The molecule has 0 aromatic heterocycles. The number of carbonyl (C=O) groups is 3. The molecule has 0 rings (SSSR count). The van der Waals surface area contributed by atoms with E-state index in [9.17, 15) is 14.4 Å². The summed E-state index contributed by atoms with van der Waals surface area (Å²) < 4.78 is 16.9. The van der Waals surface area contributed by atoms with Gasteiger partial charge in [-0.3, -0.25) is 14.4 Å². The minimum Gasteiger partial charge on any atom is -0.462 e. The zero-order chi connectivity index (χ0) is 47.9. The minimum atomic E-state index is -0.776. The van der Waals surface area contributed by atoms with Crippen molar-refractivity contribution < 1.29 is 28.6 Å². The monoisotopic (exact) mass is 927 g/mol. The van der Waals surface area contributed by atoms with Gasteiger partial charge in [0.05, 0.1) is 0 Å². The van der Waals surface area contributed by atoms with Gasteiger partial charge in [0.1, 0.15) is 13.2 Å². The predicted molar refractivity (Wildman–Crippen MR) is 284 cm³/mol. The van der Waals surface area contributed by atoms with Gasteiger partial charge in [0.15, 0.2) is 6.10 Å². The largest absolute Gasteiger partial charge is 0.462 e. The van der Waals surface area contributed by atoms with Crippen LogP contribution in [0.15, 0.2) is 36.5 Å². The number of allylic oxidation sites excluding steroid dienone is 6. The van der Waals surface area contributed by atoms with Crippen molar-refractivity contribution in [3.8, 4) is 0 Å². The normalized spacial score (nSPS) is 12.2. The maximum Gasteiger partial charge on any atom is 0.306 e. The van der Waals surface area contributed by atoms with E-state index >= 15 is 0 Å². The molecule has 0 N–H and O–H groups in total. The van der Waals surface area contributed by atoms with E-state index < -0.39 is 6.10 Å². The summed E-state index contributed by atoms with van der Waals surface area (Å²) in [6.45, 7) is 6.65. The second kappa shape index (κ2) is 55.2. The van der Waals surface area contributed by atoms with E-state index in [1.807, 2.05) is 0 Å². The highest BCUT2D eigenvalue weighted by atomic mass is 16.6. The van der Waals surface area contributed by atoms with Crippen molar-refractivity contribution in [1.82, 2.24) is 0 Å². The predicted octanol–water partition coefficient (Wildman–Crippen LogP) is 19.3. The van der Waals surface area contributed by atoms with Crippen molar-refractivity contribution in [2.75, 3.05) is 13.2 Å². The second-order valence-corrected chi connectivity index (χ2v) is 19.6. The van der Waals surface area contributed by atoms with E-state index in [0.29, 0.717) is 19.3 Å². The quantitative estimate of drug-likeness (QED) is 0.0262. The molecule has 66 heavy (non-hydrogen) atoms. The number of ether oxygens (including phenoxy) is 3. The summed E-state index contributed by atoms with van der Waals surface area (Å²) in [5, 5.41) is 0. The third kappa shape index (κ3) is 52.6. The Morgan fingerprint density at radius 1 is 0.303 bits per heavy atom. The van der Waals surface area contributed by atoms with Gasteiger partial charge in [-0.2, -0.15) is 0 Å². The van der Waals surface area contributed by atoms with Crippen LogP contribution in [0.25, 0.3) is 0 Å². The minimum absolute atomic E-state index is 0.0739. The van der Waals surface area contributed by atoms with Crippen molar-refractivity contribution in [2.45, 2.75) is 316 Å². The van der Waals surface area contributed by atoms with Gasteiger partial charge in [-0.25, -0.2) is 0 Å². The average molecular weight is 928 g/mol. The molecule has 1 unspecified atom stereocenters. The summed E-state index contributed by atoms with van der Waals surface area (Å²) in [7, 11) is 0. The molecular formula is C60H110O6. The Bertz CT molecular complexity index is 1110. The standard InChI is InChI=1S/C60H110O6/c1-4-7-10-13-16-19-22-25-28-30-31-33-35-38-41-44-47-50-53-59(62)65-56-57(55-64-58(61)52-49-46-43-40-37-34-27-24-21-18-15-12-9-6-3)66-60(63)54-51-48-45-42-39-36-32-29-26-23-20-17-14-11-8-5-2/h22,25,28,30-31,33,57H,4-21,23-24,26-27,29,32,34-56H2,1-3H3/b25-22-,30-28-,33-31-. The molecule has 0 aromatic carbocycles. The first-order valence-electron chi connectivity index (χ1n) is 29.0. The molecule has 0 radical (unpaired) electrons. The van der Waals surface area contributed by atoms with E-state index in [1.54, 1.807) is 0 Å². The lowest BCUT2D eigenvalue weighted by atomic mass is 10.0. The SMILES string of the molecule is CCCCCCC\C=C/C=C\C=C/CCCCCCCC(=O)OCC(COC(=O)CCCCCCCCCCCCCCCC)OC(=O)CCCCCCCCCCCCCCCCCC. The fraction of sp³-hybridized carbons (Fsp3) is 0.850. The number of esters is 3. The van der Waals surface area contributed by atoms with Gasteiger partial charge in [-0.05, 0) is 44.9 Å². The number of unbranched alkanes of at least 4 members (excludes halogenated alkanes) is 38.